The highest BCUT2D eigenvalue weighted by atomic mass is 16.2. The molecular weight excluding hydrogens is 208 g/mol. The van der Waals surface area contributed by atoms with Crippen molar-refractivity contribution >= 4 is 17.5 Å². The van der Waals surface area contributed by atoms with Crippen molar-refractivity contribution in [3.05, 3.63) is 18.0 Å². The molecule has 0 radical (unpaired) electrons. The third-order valence-electron chi connectivity index (χ3n) is 2.15. The van der Waals surface area contributed by atoms with Crippen LogP contribution >= 0.6 is 0 Å². The SMILES string of the molecule is CCn1cc(N)cc1C(=O)NCCC(N)=O. The van der Waals surface area contributed by atoms with E-state index in [-0.39, 0.29) is 18.9 Å². The molecule has 16 heavy (non-hydrogen) atoms. The largest absolute Gasteiger partial charge is 0.397 e. The van der Waals surface area contributed by atoms with E-state index in [4.69, 9.17) is 11.5 Å². The van der Waals surface area contributed by atoms with Crippen LogP contribution in [0.1, 0.15) is 23.8 Å². The molecule has 1 rings (SSSR count). The zero-order valence-corrected chi connectivity index (χ0v) is 9.19. The zero-order chi connectivity index (χ0) is 12.1. The van der Waals surface area contributed by atoms with Crippen LogP contribution in [0.25, 0.3) is 0 Å². The Kier molecular flexibility index (Phi) is 3.93. The molecule has 0 aliphatic carbocycles. The van der Waals surface area contributed by atoms with E-state index in [2.05, 4.69) is 5.32 Å². The van der Waals surface area contributed by atoms with Crippen LogP contribution in [-0.2, 0) is 11.3 Å². The molecule has 1 aromatic rings. The smallest absolute Gasteiger partial charge is 0.267 e. The molecule has 0 saturated carbocycles. The molecule has 1 aromatic heterocycles. The fourth-order valence-electron chi connectivity index (χ4n) is 1.37. The zero-order valence-electron chi connectivity index (χ0n) is 9.19. The van der Waals surface area contributed by atoms with E-state index in [9.17, 15) is 9.59 Å². The lowest BCUT2D eigenvalue weighted by Gasteiger charge is -2.06. The Morgan fingerprint density at radius 2 is 2.19 bits per heavy atom. The molecule has 2 amide bonds. The number of aryl methyl sites for hydroxylation is 1. The van der Waals surface area contributed by atoms with Gasteiger partial charge in [0.1, 0.15) is 5.69 Å². The molecule has 0 aromatic carbocycles. The topological polar surface area (TPSA) is 103 Å². The summed E-state index contributed by atoms with van der Waals surface area (Å²) in [7, 11) is 0. The Bertz CT molecular complexity index is 398. The molecule has 88 valence electrons. The van der Waals surface area contributed by atoms with Crippen molar-refractivity contribution < 1.29 is 9.59 Å². The number of anilines is 1. The maximum Gasteiger partial charge on any atom is 0.267 e. The Labute approximate surface area is 93.6 Å². The second-order valence-electron chi connectivity index (χ2n) is 3.42. The average molecular weight is 224 g/mol. The van der Waals surface area contributed by atoms with Crippen molar-refractivity contribution in [1.82, 2.24) is 9.88 Å². The molecule has 5 N–H and O–H groups in total. The lowest BCUT2D eigenvalue weighted by molar-refractivity contribution is -0.117. The number of rotatable bonds is 5. The number of primary amides is 1. The van der Waals surface area contributed by atoms with Crippen molar-refractivity contribution in [3.8, 4) is 0 Å². The monoisotopic (exact) mass is 224 g/mol. The van der Waals surface area contributed by atoms with Gasteiger partial charge in [-0.05, 0) is 13.0 Å². The second kappa shape index (κ2) is 5.20. The molecule has 6 nitrogen and oxygen atoms in total. The second-order valence-corrected chi connectivity index (χ2v) is 3.42. The predicted molar refractivity (Wildman–Crippen MR) is 60.7 cm³/mol. The van der Waals surface area contributed by atoms with E-state index >= 15 is 0 Å². The molecule has 0 saturated heterocycles. The van der Waals surface area contributed by atoms with Gasteiger partial charge in [0.05, 0.1) is 5.69 Å². The van der Waals surface area contributed by atoms with Crippen LogP contribution in [0.2, 0.25) is 0 Å². The third-order valence-corrected chi connectivity index (χ3v) is 2.15. The van der Waals surface area contributed by atoms with Gasteiger partial charge in [0.15, 0.2) is 0 Å². The van der Waals surface area contributed by atoms with Crippen molar-refractivity contribution in [1.29, 1.82) is 0 Å². The van der Waals surface area contributed by atoms with Crippen molar-refractivity contribution in [2.24, 2.45) is 5.73 Å². The number of nitrogens with zero attached hydrogens (tertiary/aromatic N) is 1. The van der Waals surface area contributed by atoms with E-state index in [1.165, 1.54) is 0 Å². The molecule has 0 fully saturated rings. The Hall–Kier alpha value is -1.98. The van der Waals surface area contributed by atoms with Crippen LogP contribution in [0, 0.1) is 0 Å². The lowest BCUT2D eigenvalue weighted by atomic mass is 10.3. The van der Waals surface area contributed by atoms with E-state index in [1.54, 1.807) is 16.8 Å². The van der Waals surface area contributed by atoms with Crippen molar-refractivity contribution in [3.63, 3.8) is 0 Å². The molecule has 0 atom stereocenters. The summed E-state index contributed by atoms with van der Waals surface area (Å²) in [6.45, 7) is 2.82. The van der Waals surface area contributed by atoms with Crippen LogP contribution in [0.5, 0.6) is 0 Å². The first-order valence-electron chi connectivity index (χ1n) is 5.06. The maximum atomic E-state index is 11.7. The Balaban J connectivity index is 2.61. The molecule has 0 spiro atoms. The van der Waals surface area contributed by atoms with Gasteiger partial charge >= 0.3 is 0 Å². The Morgan fingerprint density at radius 3 is 2.75 bits per heavy atom. The van der Waals surface area contributed by atoms with Crippen molar-refractivity contribution in [2.75, 3.05) is 12.3 Å². The quantitative estimate of drug-likeness (QED) is 0.639. The highest BCUT2D eigenvalue weighted by Gasteiger charge is 2.11. The molecule has 0 unspecified atom stereocenters. The number of amides is 2. The number of hydrogen-bond donors (Lipinski definition) is 3. The molecule has 0 aliphatic heterocycles. The maximum absolute atomic E-state index is 11.7. The summed E-state index contributed by atoms with van der Waals surface area (Å²) < 4.78 is 1.74. The number of hydrogen-bond acceptors (Lipinski definition) is 3. The summed E-state index contributed by atoms with van der Waals surface area (Å²) in [6.07, 6.45) is 1.83. The normalized spacial score (nSPS) is 10.1. The number of carbonyl (C=O) groups is 2. The third kappa shape index (κ3) is 3.01. The first-order chi connectivity index (χ1) is 7.54. The van der Waals surface area contributed by atoms with E-state index in [0.717, 1.165) is 0 Å². The summed E-state index contributed by atoms with van der Waals surface area (Å²) >= 11 is 0. The van der Waals surface area contributed by atoms with Gasteiger partial charge in [-0.25, -0.2) is 0 Å². The average Bonchev–Trinajstić information content (AvgIpc) is 2.59. The predicted octanol–water partition coefficient (Wildman–Crippen LogP) is -0.305. The van der Waals surface area contributed by atoms with Crippen LogP contribution in [0.3, 0.4) is 0 Å². The van der Waals surface area contributed by atoms with Crippen LogP contribution in [0.4, 0.5) is 5.69 Å². The van der Waals surface area contributed by atoms with Gasteiger partial charge in [-0.15, -0.1) is 0 Å². The van der Waals surface area contributed by atoms with Gasteiger partial charge in [-0.3, -0.25) is 9.59 Å². The van der Waals surface area contributed by atoms with E-state index in [1.807, 2.05) is 6.92 Å². The standard InChI is InChI=1S/C10H16N4O2/c1-2-14-6-7(11)5-8(14)10(16)13-4-3-9(12)15/h5-6H,2-4,11H2,1H3,(H2,12,15)(H,13,16). The van der Waals surface area contributed by atoms with Gasteiger partial charge in [-0.1, -0.05) is 0 Å². The minimum Gasteiger partial charge on any atom is -0.397 e. The van der Waals surface area contributed by atoms with Crippen LogP contribution in [-0.4, -0.2) is 22.9 Å². The number of nitrogen functional groups attached to an aromatic ring is 1. The minimum absolute atomic E-state index is 0.133. The highest BCUT2D eigenvalue weighted by molar-refractivity contribution is 5.94. The van der Waals surface area contributed by atoms with Gasteiger partial charge in [-0.2, -0.15) is 0 Å². The summed E-state index contributed by atoms with van der Waals surface area (Å²) in [5, 5.41) is 2.60. The number of nitrogens with two attached hydrogens (primary N) is 2. The fraction of sp³-hybridized carbons (Fsp3) is 0.400. The molecule has 0 bridgehead atoms. The summed E-state index contributed by atoms with van der Waals surface area (Å²) in [5.74, 6) is -0.689. The van der Waals surface area contributed by atoms with Gasteiger partial charge < -0.3 is 21.4 Å². The first-order valence-corrected chi connectivity index (χ1v) is 5.06. The molecular formula is C10H16N4O2. The van der Waals surface area contributed by atoms with Crippen molar-refractivity contribution in [2.45, 2.75) is 19.9 Å². The molecule has 1 heterocycles. The summed E-state index contributed by atoms with van der Waals surface area (Å²) in [4.78, 5) is 22.2. The number of nitrogens with one attached hydrogen (secondary N) is 1. The van der Waals surface area contributed by atoms with Gasteiger partial charge in [0.25, 0.3) is 5.91 Å². The number of aromatic nitrogens is 1. The molecule has 0 aliphatic rings. The van der Waals surface area contributed by atoms with E-state index in [0.29, 0.717) is 17.9 Å². The Morgan fingerprint density at radius 1 is 1.50 bits per heavy atom. The van der Waals surface area contributed by atoms with Gasteiger partial charge in [0, 0.05) is 25.7 Å². The fourth-order valence-corrected chi connectivity index (χ4v) is 1.37. The summed E-state index contributed by atoms with van der Waals surface area (Å²) in [5.41, 5.74) is 11.6. The van der Waals surface area contributed by atoms with Gasteiger partial charge in [0.2, 0.25) is 5.91 Å². The van der Waals surface area contributed by atoms with Crippen LogP contribution < -0.4 is 16.8 Å². The van der Waals surface area contributed by atoms with Crippen LogP contribution in [0.15, 0.2) is 12.3 Å². The minimum atomic E-state index is -0.439. The first kappa shape index (κ1) is 12.1. The number of carbonyl (C=O) groups excluding carboxylic acids is 2. The lowest BCUT2D eigenvalue weighted by Crippen LogP contribution is -2.29. The van der Waals surface area contributed by atoms with E-state index < -0.39 is 5.91 Å². The molecule has 6 heteroatoms. The summed E-state index contributed by atoms with van der Waals surface area (Å²) in [6, 6.07) is 1.60. The highest BCUT2D eigenvalue weighted by Crippen LogP contribution is 2.10.